The first kappa shape index (κ1) is 15.8. The summed E-state index contributed by atoms with van der Waals surface area (Å²) in [7, 11) is 0. The van der Waals surface area contributed by atoms with E-state index in [0.29, 0.717) is 0 Å². The fraction of sp³-hybridized carbons (Fsp3) is 0.450. The molecule has 0 bridgehead atoms. The molecule has 6 nitrogen and oxygen atoms in total. The number of rotatable bonds is 3. The van der Waals surface area contributed by atoms with E-state index in [2.05, 4.69) is 43.7 Å². The number of hydrogen-bond acceptors (Lipinski definition) is 6. The summed E-state index contributed by atoms with van der Waals surface area (Å²) in [6.45, 7) is 5.22. The zero-order valence-corrected chi connectivity index (χ0v) is 14.9. The molecule has 3 aliphatic heterocycles. The quantitative estimate of drug-likeness (QED) is 0.893. The molecule has 0 saturated carbocycles. The second kappa shape index (κ2) is 6.68. The van der Waals surface area contributed by atoms with Crippen molar-refractivity contribution in [3.05, 3.63) is 41.6 Å². The summed E-state index contributed by atoms with van der Waals surface area (Å²) in [6.07, 6.45) is 6.24. The number of nitrogens with zero attached hydrogens (tertiary/aromatic N) is 4. The lowest BCUT2D eigenvalue weighted by Gasteiger charge is -2.21. The molecule has 2 fully saturated rings. The lowest BCUT2D eigenvalue weighted by Crippen LogP contribution is -2.27. The molecule has 134 valence electrons. The van der Waals surface area contributed by atoms with E-state index in [4.69, 9.17) is 4.98 Å². The van der Waals surface area contributed by atoms with E-state index in [-0.39, 0.29) is 0 Å². The van der Waals surface area contributed by atoms with Crippen molar-refractivity contribution >= 4 is 23.7 Å². The third-order valence-electron chi connectivity index (χ3n) is 5.86. The Hall–Kier alpha value is -2.47. The molecule has 1 aromatic carbocycles. The standard InChI is InChI=1S/C20H24N6/c1-2-18(9-17-13-22-10-14(1)17)24-19-3-6-23-20(25-19)26-7-4-15-11-21-12-16(15)5-8-26/h1-3,6,9,13,15-16,21H,4-5,7-8,10-12H2,(H,23,24,25). The molecule has 0 spiro atoms. The molecule has 0 radical (unpaired) electrons. The highest BCUT2D eigenvalue weighted by molar-refractivity contribution is 5.86. The van der Waals surface area contributed by atoms with Gasteiger partial charge in [-0.1, -0.05) is 6.07 Å². The molecule has 5 rings (SSSR count). The molecule has 6 heteroatoms. The predicted octanol–water partition coefficient (Wildman–Crippen LogP) is 2.59. The summed E-state index contributed by atoms with van der Waals surface area (Å²) in [5.74, 6) is 3.31. The van der Waals surface area contributed by atoms with E-state index < -0.39 is 0 Å². The van der Waals surface area contributed by atoms with Crippen molar-refractivity contribution in [2.75, 3.05) is 36.4 Å². The Balaban J connectivity index is 1.32. The van der Waals surface area contributed by atoms with Gasteiger partial charge in [0.25, 0.3) is 0 Å². The summed E-state index contributed by atoms with van der Waals surface area (Å²) >= 11 is 0. The third kappa shape index (κ3) is 3.05. The Morgan fingerprint density at radius 3 is 2.77 bits per heavy atom. The minimum atomic E-state index is 0.791. The van der Waals surface area contributed by atoms with Crippen molar-refractivity contribution in [2.45, 2.75) is 19.4 Å². The van der Waals surface area contributed by atoms with Gasteiger partial charge >= 0.3 is 0 Å². The van der Waals surface area contributed by atoms with Crippen LogP contribution < -0.4 is 15.5 Å². The number of anilines is 3. The molecule has 2 unspecified atom stereocenters. The maximum absolute atomic E-state index is 4.78. The SMILES string of the molecule is C1=NCc2ccc(Nc3ccnc(N4CCC5CNCC5CC4)n3)cc21. The van der Waals surface area contributed by atoms with E-state index in [0.717, 1.165) is 48.9 Å². The molecule has 0 aliphatic carbocycles. The van der Waals surface area contributed by atoms with Crippen molar-refractivity contribution in [1.29, 1.82) is 0 Å². The summed E-state index contributed by atoms with van der Waals surface area (Å²) < 4.78 is 0. The van der Waals surface area contributed by atoms with Crippen molar-refractivity contribution in [1.82, 2.24) is 15.3 Å². The second-order valence-corrected chi connectivity index (χ2v) is 7.49. The Labute approximate surface area is 153 Å². The lowest BCUT2D eigenvalue weighted by molar-refractivity contribution is 0.409. The highest BCUT2D eigenvalue weighted by Crippen LogP contribution is 2.29. The topological polar surface area (TPSA) is 65.4 Å². The molecule has 26 heavy (non-hydrogen) atoms. The van der Waals surface area contributed by atoms with Gasteiger partial charge in [-0.3, -0.25) is 4.99 Å². The average Bonchev–Trinajstić information content (AvgIpc) is 3.27. The fourth-order valence-electron chi connectivity index (χ4n) is 4.32. The van der Waals surface area contributed by atoms with E-state index in [9.17, 15) is 0 Å². The number of aliphatic imine (C=N–C) groups is 1. The van der Waals surface area contributed by atoms with Crippen molar-refractivity contribution in [3.63, 3.8) is 0 Å². The highest BCUT2D eigenvalue weighted by Gasteiger charge is 2.30. The highest BCUT2D eigenvalue weighted by atomic mass is 15.3. The van der Waals surface area contributed by atoms with Gasteiger partial charge in [0.1, 0.15) is 5.82 Å². The zero-order chi connectivity index (χ0) is 17.3. The van der Waals surface area contributed by atoms with Crippen LogP contribution in [-0.2, 0) is 6.54 Å². The van der Waals surface area contributed by atoms with E-state index in [1.807, 2.05) is 18.5 Å². The maximum Gasteiger partial charge on any atom is 0.227 e. The minimum absolute atomic E-state index is 0.791. The summed E-state index contributed by atoms with van der Waals surface area (Å²) in [5, 5.41) is 6.95. The van der Waals surface area contributed by atoms with Crippen LogP contribution in [0.1, 0.15) is 24.0 Å². The van der Waals surface area contributed by atoms with Gasteiger partial charge in [0.2, 0.25) is 5.95 Å². The molecule has 3 aliphatic rings. The Bertz CT molecular complexity index is 819. The monoisotopic (exact) mass is 348 g/mol. The maximum atomic E-state index is 4.78. The van der Waals surface area contributed by atoms with Crippen LogP contribution in [0.25, 0.3) is 0 Å². The number of hydrogen-bond donors (Lipinski definition) is 2. The van der Waals surface area contributed by atoms with Crippen LogP contribution in [0.5, 0.6) is 0 Å². The third-order valence-corrected chi connectivity index (χ3v) is 5.86. The molecule has 2 saturated heterocycles. The van der Waals surface area contributed by atoms with Gasteiger partial charge in [-0.25, -0.2) is 4.98 Å². The first-order valence-electron chi connectivity index (χ1n) is 9.54. The molecule has 2 atom stereocenters. The van der Waals surface area contributed by atoms with Crippen LogP contribution >= 0.6 is 0 Å². The van der Waals surface area contributed by atoms with Gasteiger partial charge in [0.05, 0.1) is 6.54 Å². The number of benzene rings is 1. The molecular formula is C20H24N6. The normalized spacial score (nSPS) is 24.2. The average molecular weight is 348 g/mol. The number of aromatic nitrogens is 2. The molecule has 2 aromatic rings. The Morgan fingerprint density at radius 2 is 1.92 bits per heavy atom. The van der Waals surface area contributed by atoms with Crippen LogP contribution in [0.3, 0.4) is 0 Å². The molecule has 4 heterocycles. The zero-order valence-electron chi connectivity index (χ0n) is 14.9. The summed E-state index contributed by atoms with van der Waals surface area (Å²) in [4.78, 5) is 16.0. The van der Waals surface area contributed by atoms with Crippen LogP contribution in [0.4, 0.5) is 17.5 Å². The summed E-state index contributed by atoms with van der Waals surface area (Å²) in [6, 6.07) is 8.29. The van der Waals surface area contributed by atoms with Gasteiger partial charge in [-0.05, 0) is 67.1 Å². The van der Waals surface area contributed by atoms with Gasteiger partial charge in [-0.2, -0.15) is 4.98 Å². The largest absolute Gasteiger partial charge is 0.341 e. The van der Waals surface area contributed by atoms with E-state index in [1.165, 1.54) is 37.1 Å². The molecule has 1 aromatic heterocycles. The van der Waals surface area contributed by atoms with Crippen molar-refractivity contribution in [2.24, 2.45) is 16.8 Å². The van der Waals surface area contributed by atoms with Gasteiger partial charge in [0.15, 0.2) is 0 Å². The van der Waals surface area contributed by atoms with Crippen LogP contribution in [-0.4, -0.2) is 42.4 Å². The second-order valence-electron chi connectivity index (χ2n) is 7.49. The van der Waals surface area contributed by atoms with E-state index >= 15 is 0 Å². The van der Waals surface area contributed by atoms with E-state index in [1.54, 1.807) is 0 Å². The minimum Gasteiger partial charge on any atom is -0.341 e. The fourth-order valence-corrected chi connectivity index (χ4v) is 4.32. The predicted molar refractivity (Wildman–Crippen MR) is 104 cm³/mol. The first-order valence-corrected chi connectivity index (χ1v) is 9.54. The lowest BCUT2D eigenvalue weighted by atomic mass is 9.92. The smallest absolute Gasteiger partial charge is 0.227 e. The van der Waals surface area contributed by atoms with Crippen molar-refractivity contribution < 1.29 is 0 Å². The van der Waals surface area contributed by atoms with Crippen LogP contribution in [0, 0.1) is 11.8 Å². The molecule has 0 amide bonds. The molecule has 2 N–H and O–H groups in total. The summed E-state index contributed by atoms with van der Waals surface area (Å²) in [5.41, 5.74) is 3.51. The number of fused-ring (bicyclic) bond motifs is 2. The van der Waals surface area contributed by atoms with Gasteiger partial charge in [0, 0.05) is 31.2 Å². The van der Waals surface area contributed by atoms with Crippen LogP contribution in [0.2, 0.25) is 0 Å². The Kier molecular flexibility index (Phi) is 4.05. The first-order chi connectivity index (χ1) is 12.8. The van der Waals surface area contributed by atoms with Gasteiger partial charge in [-0.15, -0.1) is 0 Å². The van der Waals surface area contributed by atoms with Gasteiger partial charge < -0.3 is 15.5 Å². The number of nitrogens with one attached hydrogen (secondary N) is 2. The van der Waals surface area contributed by atoms with Crippen molar-refractivity contribution in [3.8, 4) is 0 Å². The Morgan fingerprint density at radius 1 is 1.08 bits per heavy atom. The van der Waals surface area contributed by atoms with Crippen LogP contribution in [0.15, 0.2) is 35.5 Å². The molecular weight excluding hydrogens is 324 g/mol.